The maximum absolute atomic E-state index is 14.5. The Labute approximate surface area is 156 Å². The molecular weight excluding hydrogens is 333 g/mol. The molecule has 1 unspecified atom stereocenters. The third kappa shape index (κ3) is 6.15. The van der Waals surface area contributed by atoms with Gasteiger partial charge in [0.2, 0.25) is 0 Å². The van der Waals surface area contributed by atoms with Crippen molar-refractivity contribution in [2.45, 2.75) is 65.2 Å². The number of allylic oxidation sites excluding steroid dienone is 3. The SMILES string of the molecule is CCC=NC1=C(N2CCC(CNC(=O)OC(C)(C)C)CC2)C(F)CC=C1. The molecule has 2 rings (SSSR count). The second-order valence-electron chi connectivity index (χ2n) is 7.91. The van der Waals surface area contributed by atoms with Crippen LogP contribution in [0.3, 0.4) is 0 Å². The summed E-state index contributed by atoms with van der Waals surface area (Å²) in [5, 5.41) is 2.85. The molecular formula is C20H32FN3O2. The molecule has 6 heteroatoms. The number of likely N-dealkylation sites (tertiary alicyclic amines) is 1. The molecule has 0 bridgehead atoms. The van der Waals surface area contributed by atoms with Crippen LogP contribution in [0, 0.1) is 5.92 Å². The van der Waals surface area contributed by atoms with Gasteiger partial charge in [0.1, 0.15) is 11.8 Å². The van der Waals surface area contributed by atoms with Crippen LogP contribution in [0.4, 0.5) is 9.18 Å². The van der Waals surface area contributed by atoms with Crippen molar-refractivity contribution in [3.63, 3.8) is 0 Å². The molecule has 1 aliphatic heterocycles. The molecule has 0 radical (unpaired) electrons. The van der Waals surface area contributed by atoms with E-state index >= 15 is 0 Å². The number of carbonyl (C=O) groups excluding carboxylic acids is 1. The first-order valence-corrected chi connectivity index (χ1v) is 9.59. The number of alkyl halides is 1. The number of halogens is 1. The number of nitrogens with zero attached hydrogens (tertiary/aromatic N) is 2. The minimum atomic E-state index is -0.986. The number of alkyl carbamates (subject to hydrolysis) is 1. The average molecular weight is 365 g/mol. The van der Waals surface area contributed by atoms with Crippen molar-refractivity contribution in [3.05, 3.63) is 23.5 Å². The quantitative estimate of drug-likeness (QED) is 0.743. The number of piperidine rings is 1. The van der Waals surface area contributed by atoms with E-state index in [1.54, 1.807) is 0 Å². The van der Waals surface area contributed by atoms with Crippen LogP contribution in [0.5, 0.6) is 0 Å². The summed E-state index contributed by atoms with van der Waals surface area (Å²) in [6.45, 7) is 9.74. The van der Waals surface area contributed by atoms with Gasteiger partial charge in [-0.3, -0.25) is 4.99 Å². The zero-order valence-corrected chi connectivity index (χ0v) is 16.4. The number of hydrogen-bond acceptors (Lipinski definition) is 4. The van der Waals surface area contributed by atoms with E-state index in [0.717, 1.165) is 43.7 Å². The van der Waals surface area contributed by atoms with Crippen molar-refractivity contribution in [1.82, 2.24) is 10.2 Å². The Balaban J connectivity index is 1.88. The van der Waals surface area contributed by atoms with Crippen LogP contribution in [-0.4, -0.2) is 48.6 Å². The van der Waals surface area contributed by atoms with Gasteiger partial charge in [-0.25, -0.2) is 9.18 Å². The van der Waals surface area contributed by atoms with Gasteiger partial charge in [0, 0.05) is 32.3 Å². The number of hydrogen-bond donors (Lipinski definition) is 1. The molecule has 1 N–H and O–H groups in total. The maximum atomic E-state index is 14.5. The number of rotatable bonds is 5. The summed E-state index contributed by atoms with van der Waals surface area (Å²) in [5.41, 5.74) is 0.978. The Morgan fingerprint density at radius 1 is 1.42 bits per heavy atom. The molecule has 1 fully saturated rings. The first-order valence-electron chi connectivity index (χ1n) is 9.59. The van der Waals surface area contributed by atoms with E-state index in [2.05, 4.69) is 15.2 Å². The molecule has 26 heavy (non-hydrogen) atoms. The molecule has 1 aliphatic carbocycles. The summed E-state index contributed by atoms with van der Waals surface area (Å²) in [4.78, 5) is 18.3. The highest BCUT2D eigenvalue weighted by molar-refractivity contribution is 5.67. The molecule has 0 aromatic rings. The van der Waals surface area contributed by atoms with Crippen LogP contribution in [0.25, 0.3) is 0 Å². The fourth-order valence-corrected chi connectivity index (χ4v) is 3.24. The summed E-state index contributed by atoms with van der Waals surface area (Å²) >= 11 is 0. The Bertz CT molecular complexity index is 570. The van der Waals surface area contributed by atoms with Crippen molar-refractivity contribution in [2.75, 3.05) is 19.6 Å². The minimum absolute atomic E-state index is 0.375. The number of amides is 1. The predicted octanol–water partition coefficient (Wildman–Crippen LogP) is 4.21. The summed E-state index contributed by atoms with van der Waals surface area (Å²) in [7, 11) is 0. The zero-order chi connectivity index (χ0) is 19.2. The lowest BCUT2D eigenvalue weighted by atomic mass is 9.94. The number of carbonyl (C=O) groups is 1. The maximum Gasteiger partial charge on any atom is 0.407 e. The highest BCUT2D eigenvalue weighted by atomic mass is 19.1. The lowest BCUT2D eigenvalue weighted by Gasteiger charge is -2.37. The molecule has 0 saturated carbocycles. The van der Waals surface area contributed by atoms with E-state index in [9.17, 15) is 9.18 Å². The number of aliphatic imine (C=N–C) groups is 1. The van der Waals surface area contributed by atoms with E-state index in [1.807, 2.05) is 46.1 Å². The average Bonchev–Trinajstić information content (AvgIpc) is 2.57. The Morgan fingerprint density at radius 3 is 2.73 bits per heavy atom. The predicted molar refractivity (Wildman–Crippen MR) is 103 cm³/mol. The number of nitrogens with one attached hydrogen (secondary N) is 1. The van der Waals surface area contributed by atoms with Gasteiger partial charge < -0.3 is 15.0 Å². The fraction of sp³-hybridized carbons (Fsp3) is 0.700. The lowest BCUT2D eigenvalue weighted by molar-refractivity contribution is 0.0511. The molecule has 0 spiro atoms. The van der Waals surface area contributed by atoms with Crippen LogP contribution in [-0.2, 0) is 4.74 Å². The van der Waals surface area contributed by atoms with E-state index in [-0.39, 0.29) is 6.09 Å². The van der Waals surface area contributed by atoms with Gasteiger partial charge in [-0.2, -0.15) is 0 Å². The van der Waals surface area contributed by atoms with E-state index in [0.29, 0.717) is 18.9 Å². The monoisotopic (exact) mass is 365 g/mol. The van der Waals surface area contributed by atoms with Crippen molar-refractivity contribution >= 4 is 12.3 Å². The van der Waals surface area contributed by atoms with Crippen molar-refractivity contribution in [1.29, 1.82) is 0 Å². The highest BCUT2D eigenvalue weighted by Crippen LogP contribution is 2.30. The fourth-order valence-electron chi connectivity index (χ4n) is 3.24. The Kier molecular flexibility index (Phi) is 7.23. The molecule has 0 aromatic carbocycles. The standard InChI is InChI=1S/C20H32FN3O2/c1-5-11-22-17-8-6-7-16(21)18(17)24-12-9-15(10-13-24)14-23-19(25)26-20(2,3)4/h6,8,11,15-16H,5,7,9-10,12-14H2,1-4H3,(H,23,25). The summed E-state index contributed by atoms with van der Waals surface area (Å²) in [6, 6.07) is 0. The zero-order valence-electron chi connectivity index (χ0n) is 16.4. The number of ether oxygens (including phenoxy) is 1. The van der Waals surface area contributed by atoms with Gasteiger partial charge in [-0.05, 0) is 52.0 Å². The van der Waals surface area contributed by atoms with Crippen LogP contribution >= 0.6 is 0 Å². The Hall–Kier alpha value is -1.85. The minimum Gasteiger partial charge on any atom is -0.444 e. The van der Waals surface area contributed by atoms with Gasteiger partial charge in [-0.15, -0.1) is 0 Å². The third-order valence-electron chi connectivity index (χ3n) is 4.48. The van der Waals surface area contributed by atoms with Crippen LogP contribution in [0.15, 0.2) is 28.5 Å². The normalized spacial score (nSPS) is 22.2. The smallest absolute Gasteiger partial charge is 0.407 e. The second kappa shape index (κ2) is 9.19. The van der Waals surface area contributed by atoms with E-state index < -0.39 is 11.8 Å². The summed E-state index contributed by atoms with van der Waals surface area (Å²) in [5.74, 6) is 0.388. The highest BCUT2D eigenvalue weighted by Gasteiger charge is 2.29. The molecule has 2 aliphatic rings. The van der Waals surface area contributed by atoms with Crippen LogP contribution < -0.4 is 5.32 Å². The summed E-state index contributed by atoms with van der Waals surface area (Å²) < 4.78 is 19.8. The van der Waals surface area contributed by atoms with Crippen molar-refractivity contribution in [2.24, 2.45) is 10.9 Å². The van der Waals surface area contributed by atoms with E-state index in [4.69, 9.17) is 4.74 Å². The molecule has 1 amide bonds. The molecule has 0 aromatic heterocycles. The first-order chi connectivity index (χ1) is 12.3. The first kappa shape index (κ1) is 20.5. The van der Waals surface area contributed by atoms with Gasteiger partial charge in [0.25, 0.3) is 0 Å². The van der Waals surface area contributed by atoms with Gasteiger partial charge in [-0.1, -0.05) is 13.0 Å². The second-order valence-corrected chi connectivity index (χ2v) is 7.91. The molecule has 5 nitrogen and oxygen atoms in total. The van der Waals surface area contributed by atoms with Crippen molar-refractivity contribution < 1.29 is 13.9 Å². The molecule has 1 atom stereocenters. The van der Waals surface area contributed by atoms with E-state index in [1.165, 1.54) is 0 Å². The van der Waals surface area contributed by atoms with Crippen LogP contribution in [0.1, 0.15) is 53.4 Å². The molecule has 1 heterocycles. The summed E-state index contributed by atoms with van der Waals surface area (Å²) in [6.07, 6.45) is 7.33. The van der Waals surface area contributed by atoms with Gasteiger partial charge >= 0.3 is 6.09 Å². The van der Waals surface area contributed by atoms with Gasteiger partial charge in [0.05, 0.1) is 11.4 Å². The topological polar surface area (TPSA) is 53.9 Å². The molecule has 146 valence electrons. The van der Waals surface area contributed by atoms with Crippen LogP contribution in [0.2, 0.25) is 0 Å². The molecule has 1 saturated heterocycles. The largest absolute Gasteiger partial charge is 0.444 e. The lowest BCUT2D eigenvalue weighted by Crippen LogP contribution is -2.41. The van der Waals surface area contributed by atoms with Gasteiger partial charge in [0.15, 0.2) is 0 Å². The van der Waals surface area contributed by atoms with Crippen molar-refractivity contribution in [3.8, 4) is 0 Å². The Morgan fingerprint density at radius 2 is 2.12 bits per heavy atom. The third-order valence-corrected chi connectivity index (χ3v) is 4.48.